The second kappa shape index (κ2) is 6.59. The topological polar surface area (TPSA) is 73.9 Å². The molecule has 1 saturated heterocycles. The summed E-state index contributed by atoms with van der Waals surface area (Å²) in [5, 5.41) is 9.93. The Bertz CT molecular complexity index is 711. The first-order chi connectivity index (χ1) is 12.2. The number of amides is 1. The van der Waals surface area contributed by atoms with E-state index in [1.165, 1.54) is 36.7 Å². The molecule has 0 radical (unpaired) electrons. The molecule has 6 heteroatoms. The van der Waals surface area contributed by atoms with Gasteiger partial charge in [0.15, 0.2) is 0 Å². The van der Waals surface area contributed by atoms with Crippen LogP contribution in [0, 0.1) is 0 Å². The molecule has 1 aliphatic carbocycles. The molecule has 2 heterocycles. The smallest absolute Gasteiger partial charge is 0.241 e. The molecule has 1 fully saturated rings. The van der Waals surface area contributed by atoms with Gasteiger partial charge in [-0.15, -0.1) is 0 Å². The maximum Gasteiger partial charge on any atom is 0.241 e. The average Bonchev–Trinajstić information content (AvgIpc) is 3.30. The molecule has 0 saturated carbocycles. The second-order valence-electron chi connectivity index (χ2n) is 7.27. The van der Waals surface area contributed by atoms with Crippen molar-refractivity contribution in [2.45, 2.75) is 50.6 Å². The largest absolute Gasteiger partial charge is 0.345 e. The van der Waals surface area contributed by atoms with E-state index in [0.29, 0.717) is 5.82 Å². The summed E-state index contributed by atoms with van der Waals surface area (Å²) >= 11 is 0. The Morgan fingerprint density at radius 1 is 1.20 bits per heavy atom. The van der Waals surface area contributed by atoms with Gasteiger partial charge in [-0.1, -0.05) is 30.7 Å². The normalized spacial score (nSPS) is 20.8. The van der Waals surface area contributed by atoms with Crippen LogP contribution in [-0.4, -0.2) is 44.6 Å². The number of nitrogens with one attached hydrogen (secondary N) is 2. The molecular weight excluding hydrogens is 314 g/mol. The molecule has 2 N–H and O–H groups in total. The number of aromatic nitrogens is 3. The van der Waals surface area contributed by atoms with Crippen LogP contribution in [0.5, 0.6) is 0 Å². The quantitative estimate of drug-likeness (QED) is 0.894. The lowest BCUT2D eigenvalue weighted by molar-refractivity contribution is -0.134. The van der Waals surface area contributed by atoms with Gasteiger partial charge in [0.05, 0.1) is 6.04 Å². The van der Waals surface area contributed by atoms with Crippen LogP contribution < -0.4 is 5.32 Å². The third-order valence-electron chi connectivity index (χ3n) is 5.66. The van der Waals surface area contributed by atoms with Gasteiger partial charge in [0.1, 0.15) is 17.7 Å². The van der Waals surface area contributed by atoms with Crippen molar-refractivity contribution in [3.63, 3.8) is 0 Å². The van der Waals surface area contributed by atoms with E-state index in [4.69, 9.17) is 0 Å². The van der Waals surface area contributed by atoms with E-state index in [-0.39, 0.29) is 11.9 Å². The number of hydrogen-bond acceptors (Lipinski definition) is 4. The second-order valence-corrected chi connectivity index (χ2v) is 7.27. The van der Waals surface area contributed by atoms with Crippen molar-refractivity contribution in [2.24, 2.45) is 0 Å². The summed E-state index contributed by atoms with van der Waals surface area (Å²) in [6, 6.07) is 8.28. The van der Waals surface area contributed by atoms with Gasteiger partial charge in [-0.3, -0.25) is 14.8 Å². The van der Waals surface area contributed by atoms with Crippen molar-refractivity contribution in [3.8, 4) is 0 Å². The lowest BCUT2D eigenvalue weighted by Crippen LogP contribution is -2.61. The molecule has 4 rings (SSSR count). The van der Waals surface area contributed by atoms with Crippen molar-refractivity contribution >= 4 is 5.91 Å². The summed E-state index contributed by atoms with van der Waals surface area (Å²) in [6.07, 6.45) is 6.65. The Kier molecular flexibility index (Phi) is 4.29. The fourth-order valence-electron chi connectivity index (χ4n) is 4.27. The van der Waals surface area contributed by atoms with Crippen molar-refractivity contribution in [3.05, 3.63) is 47.5 Å². The number of piperidine rings is 1. The number of nitrogens with zero attached hydrogens (tertiary/aromatic N) is 3. The molecule has 0 spiro atoms. The number of H-pyrrole nitrogens is 1. The van der Waals surface area contributed by atoms with E-state index >= 15 is 0 Å². The number of hydrogen-bond donors (Lipinski definition) is 2. The number of carbonyl (C=O) groups excluding carboxylic acids is 1. The van der Waals surface area contributed by atoms with Gasteiger partial charge in [-0.25, -0.2) is 4.98 Å². The lowest BCUT2D eigenvalue weighted by Gasteiger charge is -2.42. The highest BCUT2D eigenvalue weighted by atomic mass is 16.2. The zero-order valence-corrected chi connectivity index (χ0v) is 14.7. The van der Waals surface area contributed by atoms with Crippen LogP contribution in [0.25, 0.3) is 0 Å². The van der Waals surface area contributed by atoms with E-state index in [0.717, 1.165) is 25.9 Å². The zero-order valence-electron chi connectivity index (χ0n) is 14.7. The zero-order chi connectivity index (χ0) is 17.3. The summed E-state index contributed by atoms with van der Waals surface area (Å²) in [5.41, 5.74) is 2.13. The molecule has 0 bridgehead atoms. The van der Waals surface area contributed by atoms with Crippen LogP contribution in [0.15, 0.2) is 30.6 Å². The fraction of sp³-hybridized carbons (Fsp3) is 0.526. The van der Waals surface area contributed by atoms with Gasteiger partial charge in [0.25, 0.3) is 0 Å². The standard InChI is InChI=1S/C19H25N5O/c1-14(17-20-13-21-23-17)22-18(25)19(24-9-5-2-6-10-24)11-15-7-3-4-8-16(15)12-19/h3-4,7-8,13-14H,2,5-6,9-12H2,1H3,(H,22,25)(H,20,21,23)/t14-/m1/s1. The van der Waals surface area contributed by atoms with Gasteiger partial charge in [-0.05, 0) is 44.0 Å². The SMILES string of the molecule is C[C@@H](NC(=O)C1(N2CCCCC2)Cc2ccccc2C1)c1ncn[nH]1. The predicted octanol–water partition coefficient (Wildman–Crippen LogP) is 2.01. The molecule has 132 valence electrons. The number of rotatable bonds is 4. The molecule has 1 amide bonds. The first kappa shape index (κ1) is 16.3. The van der Waals surface area contributed by atoms with Crippen molar-refractivity contribution in [2.75, 3.05) is 13.1 Å². The maximum atomic E-state index is 13.4. The van der Waals surface area contributed by atoms with E-state index in [9.17, 15) is 4.79 Å². The third kappa shape index (κ3) is 2.95. The van der Waals surface area contributed by atoms with Gasteiger partial charge in [0, 0.05) is 12.8 Å². The number of carbonyl (C=O) groups is 1. The van der Waals surface area contributed by atoms with Crippen LogP contribution in [0.4, 0.5) is 0 Å². The number of aromatic amines is 1. The highest BCUT2D eigenvalue weighted by Gasteiger charge is 2.48. The average molecular weight is 339 g/mol. The molecule has 2 aliphatic rings. The summed E-state index contributed by atoms with van der Waals surface area (Å²) in [7, 11) is 0. The predicted molar refractivity (Wildman–Crippen MR) is 94.9 cm³/mol. The van der Waals surface area contributed by atoms with Crippen LogP contribution in [0.3, 0.4) is 0 Å². The molecule has 1 aliphatic heterocycles. The van der Waals surface area contributed by atoms with E-state index in [2.05, 4.69) is 49.7 Å². The molecule has 0 unspecified atom stereocenters. The summed E-state index contributed by atoms with van der Waals surface area (Å²) in [4.78, 5) is 20.0. The third-order valence-corrected chi connectivity index (χ3v) is 5.66. The van der Waals surface area contributed by atoms with Crippen molar-refractivity contribution in [1.82, 2.24) is 25.4 Å². The van der Waals surface area contributed by atoms with E-state index < -0.39 is 5.54 Å². The van der Waals surface area contributed by atoms with Crippen molar-refractivity contribution < 1.29 is 4.79 Å². The van der Waals surface area contributed by atoms with Crippen LogP contribution in [0.1, 0.15) is 49.2 Å². The first-order valence-corrected chi connectivity index (χ1v) is 9.17. The van der Waals surface area contributed by atoms with Crippen LogP contribution in [-0.2, 0) is 17.6 Å². The molecule has 1 aromatic carbocycles. The van der Waals surface area contributed by atoms with Gasteiger partial charge >= 0.3 is 0 Å². The minimum atomic E-state index is -0.474. The highest BCUT2D eigenvalue weighted by molar-refractivity contribution is 5.88. The molecule has 6 nitrogen and oxygen atoms in total. The minimum absolute atomic E-state index is 0.106. The van der Waals surface area contributed by atoms with Gasteiger partial charge < -0.3 is 5.32 Å². The lowest BCUT2D eigenvalue weighted by atomic mass is 9.89. The summed E-state index contributed by atoms with van der Waals surface area (Å²) in [5.74, 6) is 0.798. The maximum absolute atomic E-state index is 13.4. The highest BCUT2D eigenvalue weighted by Crippen LogP contribution is 2.37. The number of benzene rings is 1. The van der Waals surface area contributed by atoms with Crippen LogP contribution >= 0.6 is 0 Å². The molecule has 1 aromatic heterocycles. The number of fused-ring (bicyclic) bond motifs is 1. The minimum Gasteiger partial charge on any atom is -0.345 e. The monoisotopic (exact) mass is 339 g/mol. The molecular formula is C19H25N5O. The Morgan fingerprint density at radius 3 is 2.48 bits per heavy atom. The van der Waals surface area contributed by atoms with Gasteiger partial charge in [-0.2, -0.15) is 5.10 Å². The Labute approximate surface area is 148 Å². The summed E-state index contributed by atoms with van der Waals surface area (Å²) in [6.45, 7) is 3.95. The summed E-state index contributed by atoms with van der Waals surface area (Å²) < 4.78 is 0. The van der Waals surface area contributed by atoms with Crippen molar-refractivity contribution in [1.29, 1.82) is 0 Å². The molecule has 2 aromatic rings. The number of likely N-dealkylation sites (tertiary alicyclic amines) is 1. The van der Waals surface area contributed by atoms with Gasteiger partial charge in [0.2, 0.25) is 5.91 Å². The van der Waals surface area contributed by atoms with Crippen LogP contribution in [0.2, 0.25) is 0 Å². The Morgan fingerprint density at radius 2 is 1.88 bits per heavy atom. The van der Waals surface area contributed by atoms with E-state index in [1.807, 2.05) is 6.92 Å². The Hall–Kier alpha value is -2.21. The Balaban J connectivity index is 1.61. The molecule has 25 heavy (non-hydrogen) atoms. The first-order valence-electron chi connectivity index (χ1n) is 9.17. The molecule has 1 atom stereocenters. The van der Waals surface area contributed by atoms with E-state index in [1.54, 1.807) is 0 Å². The fourth-order valence-corrected chi connectivity index (χ4v) is 4.27.